The molecule has 0 spiro atoms. The molecule has 1 aliphatic rings. The van der Waals surface area contributed by atoms with Crippen LogP contribution in [0.5, 0.6) is 0 Å². The fourth-order valence-corrected chi connectivity index (χ4v) is 2.93. The Morgan fingerprint density at radius 2 is 2.25 bits per heavy atom. The minimum Gasteiger partial charge on any atom is -0.330 e. The molecule has 0 radical (unpaired) electrons. The average Bonchev–Trinajstić information content (AvgIpc) is 2.78. The molecule has 1 saturated heterocycles. The minimum absolute atomic E-state index is 0.748. The highest BCUT2D eigenvalue weighted by Crippen LogP contribution is 2.19. The smallest absolute Gasteiger partial charge is 0.0926 e. The molecule has 3 nitrogen and oxygen atoms in total. The van der Waals surface area contributed by atoms with Crippen LogP contribution in [0.3, 0.4) is 0 Å². The molecule has 0 bridgehead atoms. The predicted octanol–water partition coefficient (Wildman–Crippen LogP) is 1.88. The Kier molecular flexibility index (Phi) is 4.32. The summed E-state index contributed by atoms with van der Waals surface area (Å²) in [6.07, 6.45) is 3.56. The Bertz CT molecular complexity index is 316. The Labute approximate surface area is 102 Å². The summed E-state index contributed by atoms with van der Waals surface area (Å²) in [7, 11) is 0. The largest absolute Gasteiger partial charge is 0.330 e. The molecule has 2 rings (SSSR count). The summed E-state index contributed by atoms with van der Waals surface area (Å²) in [6, 6.07) is 0. The highest BCUT2D eigenvalue weighted by molar-refractivity contribution is 7.09. The molecule has 1 fully saturated rings. The Balaban J connectivity index is 1.82. The van der Waals surface area contributed by atoms with Gasteiger partial charge in [-0.15, -0.1) is 11.3 Å². The third kappa shape index (κ3) is 3.03. The lowest BCUT2D eigenvalue weighted by Gasteiger charge is -2.30. The van der Waals surface area contributed by atoms with Gasteiger partial charge in [0, 0.05) is 11.9 Å². The standard InChI is InChI=1S/C12H21N3S/c1-2-12-14-11(9-16-12)8-15-5-3-10(7-13)4-6-15/h9-10H,2-8,13H2,1H3. The third-order valence-electron chi connectivity index (χ3n) is 3.33. The van der Waals surface area contributed by atoms with Crippen LogP contribution in [0.25, 0.3) is 0 Å². The maximum absolute atomic E-state index is 5.69. The number of piperidine rings is 1. The number of aromatic nitrogens is 1. The summed E-state index contributed by atoms with van der Waals surface area (Å²) >= 11 is 1.79. The van der Waals surface area contributed by atoms with E-state index in [0.29, 0.717) is 0 Å². The van der Waals surface area contributed by atoms with Crippen LogP contribution in [0.4, 0.5) is 0 Å². The first-order chi connectivity index (χ1) is 7.81. The van der Waals surface area contributed by atoms with Gasteiger partial charge in [-0.1, -0.05) is 6.92 Å². The number of nitrogens with two attached hydrogens (primary N) is 1. The lowest BCUT2D eigenvalue weighted by Crippen LogP contribution is -2.35. The van der Waals surface area contributed by atoms with Crippen molar-refractivity contribution in [2.24, 2.45) is 11.7 Å². The topological polar surface area (TPSA) is 42.2 Å². The average molecular weight is 239 g/mol. The van der Waals surface area contributed by atoms with Crippen molar-refractivity contribution in [2.75, 3.05) is 19.6 Å². The number of hydrogen-bond acceptors (Lipinski definition) is 4. The zero-order valence-corrected chi connectivity index (χ0v) is 10.8. The number of thiazole rings is 1. The van der Waals surface area contributed by atoms with E-state index in [1.807, 2.05) is 0 Å². The Morgan fingerprint density at radius 1 is 1.50 bits per heavy atom. The lowest BCUT2D eigenvalue weighted by molar-refractivity contribution is 0.179. The van der Waals surface area contributed by atoms with E-state index < -0.39 is 0 Å². The van der Waals surface area contributed by atoms with Crippen molar-refractivity contribution in [3.63, 3.8) is 0 Å². The van der Waals surface area contributed by atoms with Crippen molar-refractivity contribution in [1.82, 2.24) is 9.88 Å². The Hall–Kier alpha value is -0.450. The number of hydrogen-bond donors (Lipinski definition) is 1. The first-order valence-electron chi connectivity index (χ1n) is 6.17. The maximum Gasteiger partial charge on any atom is 0.0926 e. The fourth-order valence-electron chi connectivity index (χ4n) is 2.19. The Morgan fingerprint density at radius 3 is 2.81 bits per heavy atom. The first kappa shape index (κ1) is 12.0. The van der Waals surface area contributed by atoms with Crippen molar-refractivity contribution in [1.29, 1.82) is 0 Å². The maximum atomic E-state index is 5.69. The molecule has 1 aromatic heterocycles. The van der Waals surface area contributed by atoms with Crippen molar-refractivity contribution in [3.8, 4) is 0 Å². The number of likely N-dealkylation sites (tertiary alicyclic amines) is 1. The van der Waals surface area contributed by atoms with E-state index in [2.05, 4.69) is 22.2 Å². The van der Waals surface area contributed by atoms with Gasteiger partial charge in [-0.25, -0.2) is 4.98 Å². The molecular formula is C12H21N3S. The number of nitrogens with zero attached hydrogens (tertiary/aromatic N) is 2. The zero-order valence-electron chi connectivity index (χ0n) is 9.98. The normalized spacial score (nSPS) is 19.1. The summed E-state index contributed by atoms with van der Waals surface area (Å²) in [6.45, 7) is 6.40. The molecule has 0 saturated carbocycles. The van der Waals surface area contributed by atoms with Gasteiger partial charge in [-0.2, -0.15) is 0 Å². The molecular weight excluding hydrogens is 218 g/mol. The highest BCUT2D eigenvalue weighted by atomic mass is 32.1. The first-order valence-corrected chi connectivity index (χ1v) is 7.05. The van der Waals surface area contributed by atoms with Crippen LogP contribution < -0.4 is 5.73 Å². The summed E-state index contributed by atoms with van der Waals surface area (Å²) in [5.74, 6) is 0.748. The quantitative estimate of drug-likeness (QED) is 0.872. The van der Waals surface area contributed by atoms with Gasteiger partial charge in [-0.3, -0.25) is 4.90 Å². The second-order valence-electron chi connectivity index (χ2n) is 4.54. The van der Waals surface area contributed by atoms with Gasteiger partial charge in [0.25, 0.3) is 0 Å². The third-order valence-corrected chi connectivity index (χ3v) is 4.37. The monoisotopic (exact) mass is 239 g/mol. The van der Waals surface area contributed by atoms with Crippen molar-refractivity contribution in [3.05, 3.63) is 16.1 Å². The van der Waals surface area contributed by atoms with Crippen LogP contribution in [-0.2, 0) is 13.0 Å². The molecule has 0 aromatic carbocycles. The van der Waals surface area contributed by atoms with Gasteiger partial charge < -0.3 is 5.73 Å². The van der Waals surface area contributed by atoms with Gasteiger partial charge in [0.15, 0.2) is 0 Å². The molecule has 1 aromatic rings. The molecule has 16 heavy (non-hydrogen) atoms. The van der Waals surface area contributed by atoms with Gasteiger partial charge in [-0.05, 0) is 44.8 Å². The summed E-state index contributed by atoms with van der Waals surface area (Å²) < 4.78 is 0. The molecule has 2 heterocycles. The molecule has 4 heteroatoms. The number of rotatable bonds is 4. The number of aryl methyl sites for hydroxylation is 1. The van der Waals surface area contributed by atoms with E-state index in [4.69, 9.17) is 5.73 Å². The molecule has 2 N–H and O–H groups in total. The van der Waals surface area contributed by atoms with E-state index in [9.17, 15) is 0 Å². The summed E-state index contributed by atoms with van der Waals surface area (Å²) in [5, 5.41) is 3.46. The molecule has 1 aliphatic heterocycles. The van der Waals surface area contributed by atoms with Crippen LogP contribution >= 0.6 is 11.3 Å². The van der Waals surface area contributed by atoms with E-state index in [1.165, 1.54) is 36.6 Å². The molecule has 90 valence electrons. The lowest BCUT2D eigenvalue weighted by atomic mass is 9.97. The van der Waals surface area contributed by atoms with Crippen LogP contribution in [0.1, 0.15) is 30.5 Å². The summed E-state index contributed by atoms with van der Waals surface area (Å²) in [4.78, 5) is 7.11. The van der Waals surface area contributed by atoms with Crippen LogP contribution in [0, 0.1) is 5.92 Å². The molecule has 0 aliphatic carbocycles. The van der Waals surface area contributed by atoms with Crippen molar-refractivity contribution >= 4 is 11.3 Å². The minimum atomic E-state index is 0.748. The molecule has 0 atom stereocenters. The second kappa shape index (κ2) is 5.75. The van der Waals surface area contributed by atoms with Crippen LogP contribution in [0.15, 0.2) is 5.38 Å². The van der Waals surface area contributed by atoms with Gasteiger partial charge in [0.2, 0.25) is 0 Å². The zero-order chi connectivity index (χ0) is 11.4. The van der Waals surface area contributed by atoms with Gasteiger partial charge in [0.05, 0.1) is 10.7 Å². The van der Waals surface area contributed by atoms with E-state index >= 15 is 0 Å². The second-order valence-corrected chi connectivity index (χ2v) is 5.48. The van der Waals surface area contributed by atoms with Crippen LogP contribution in [0.2, 0.25) is 0 Å². The predicted molar refractivity (Wildman–Crippen MR) is 68.5 cm³/mol. The molecule has 0 unspecified atom stereocenters. The summed E-state index contributed by atoms with van der Waals surface area (Å²) in [5.41, 5.74) is 6.94. The van der Waals surface area contributed by atoms with Gasteiger partial charge >= 0.3 is 0 Å². The van der Waals surface area contributed by atoms with E-state index in [0.717, 1.165) is 25.4 Å². The van der Waals surface area contributed by atoms with Crippen LogP contribution in [-0.4, -0.2) is 29.5 Å². The fraction of sp³-hybridized carbons (Fsp3) is 0.750. The van der Waals surface area contributed by atoms with E-state index in [-0.39, 0.29) is 0 Å². The highest BCUT2D eigenvalue weighted by Gasteiger charge is 2.18. The van der Waals surface area contributed by atoms with Crippen molar-refractivity contribution in [2.45, 2.75) is 32.7 Å². The SMILES string of the molecule is CCc1nc(CN2CCC(CN)CC2)cs1. The van der Waals surface area contributed by atoms with Crippen molar-refractivity contribution < 1.29 is 0 Å². The van der Waals surface area contributed by atoms with Gasteiger partial charge in [0.1, 0.15) is 0 Å². The molecule has 0 amide bonds. The van der Waals surface area contributed by atoms with E-state index in [1.54, 1.807) is 11.3 Å².